The Kier molecular flexibility index (Phi) is 6.43. The lowest BCUT2D eigenvalue weighted by atomic mass is 10.3. The van der Waals surface area contributed by atoms with Crippen molar-refractivity contribution < 1.29 is 9.13 Å². The SMILES string of the molecule is Nc1c(NCCCN2CCOCC2)ncnc1Nc1ccc(F)c(Cl)c1. The van der Waals surface area contributed by atoms with Crippen molar-refractivity contribution >= 4 is 34.6 Å². The van der Waals surface area contributed by atoms with E-state index < -0.39 is 5.82 Å². The molecule has 1 aromatic heterocycles. The number of hydrogen-bond donors (Lipinski definition) is 3. The fourth-order valence-electron chi connectivity index (χ4n) is 2.68. The van der Waals surface area contributed by atoms with Crippen LogP contribution in [0.25, 0.3) is 0 Å². The monoisotopic (exact) mass is 380 g/mol. The van der Waals surface area contributed by atoms with Crippen LogP contribution in [0.4, 0.5) is 27.4 Å². The maximum Gasteiger partial charge on any atom is 0.159 e. The van der Waals surface area contributed by atoms with E-state index in [1.165, 1.54) is 18.5 Å². The van der Waals surface area contributed by atoms with Gasteiger partial charge in [-0.15, -0.1) is 0 Å². The molecule has 2 aromatic rings. The van der Waals surface area contributed by atoms with Gasteiger partial charge in [-0.2, -0.15) is 0 Å². The van der Waals surface area contributed by atoms with Gasteiger partial charge in [0.25, 0.3) is 0 Å². The molecule has 2 heterocycles. The fraction of sp³-hybridized carbons (Fsp3) is 0.412. The summed E-state index contributed by atoms with van der Waals surface area (Å²) in [5.74, 6) is 0.534. The molecule has 0 spiro atoms. The largest absolute Gasteiger partial charge is 0.393 e. The topological polar surface area (TPSA) is 88.3 Å². The van der Waals surface area contributed by atoms with Crippen LogP contribution in [-0.4, -0.2) is 54.3 Å². The Balaban J connectivity index is 1.55. The number of nitrogen functional groups attached to an aromatic ring is 1. The molecule has 7 nitrogen and oxygen atoms in total. The molecule has 1 aromatic carbocycles. The summed E-state index contributed by atoms with van der Waals surface area (Å²) in [5, 5.41) is 6.30. The lowest BCUT2D eigenvalue weighted by Crippen LogP contribution is -2.37. The highest BCUT2D eigenvalue weighted by Crippen LogP contribution is 2.27. The zero-order valence-electron chi connectivity index (χ0n) is 14.3. The minimum Gasteiger partial charge on any atom is -0.393 e. The van der Waals surface area contributed by atoms with Crippen LogP contribution in [0.15, 0.2) is 24.5 Å². The molecule has 0 atom stereocenters. The molecule has 1 saturated heterocycles. The molecule has 1 fully saturated rings. The Hall–Kier alpha value is -2.16. The van der Waals surface area contributed by atoms with E-state index in [9.17, 15) is 4.39 Å². The predicted octanol–water partition coefficient (Wildman–Crippen LogP) is 2.73. The van der Waals surface area contributed by atoms with E-state index in [0.717, 1.165) is 45.8 Å². The Labute approximate surface area is 156 Å². The molecule has 1 aliphatic rings. The third-order valence-electron chi connectivity index (χ3n) is 4.11. The summed E-state index contributed by atoms with van der Waals surface area (Å²) in [6.07, 6.45) is 2.40. The molecule has 140 valence electrons. The molecule has 0 saturated carbocycles. The van der Waals surface area contributed by atoms with Crippen LogP contribution in [0.2, 0.25) is 5.02 Å². The van der Waals surface area contributed by atoms with Gasteiger partial charge < -0.3 is 21.1 Å². The zero-order valence-corrected chi connectivity index (χ0v) is 15.1. The number of morpholine rings is 1. The van der Waals surface area contributed by atoms with E-state index in [1.807, 2.05) is 0 Å². The van der Waals surface area contributed by atoms with Gasteiger partial charge in [0.15, 0.2) is 11.6 Å². The van der Waals surface area contributed by atoms with Gasteiger partial charge in [-0.1, -0.05) is 11.6 Å². The van der Waals surface area contributed by atoms with Crippen LogP contribution in [0.3, 0.4) is 0 Å². The molecule has 26 heavy (non-hydrogen) atoms. The van der Waals surface area contributed by atoms with Crippen molar-refractivity contribution in [2.24, 2.45) is 0 Å². The van der Waals surface area contributed by atoms with Crippen LogP contribution in [0.5, 0.6) is 0 Å². The molecule has 0 bridgehead atoms. The fourth-order valence-corrected chi connectivity index (χ4v) is 2.86. The van der Waals surface area contributed by atoms with Gasteiger partial charge in [0.1, 0.15) is 17.8 Å². The maximum atomic E-state index is 13.3. The Bertz CT molecular complexity index is 741. The van der Waals surface area contributed by atoms with Crippen LogP contribution >= 0.6 is 11.6 Å². The summed E-state index contributed by atoms with van der Waals surface area (Å²) in [4.78, 5) is 10.7. The highest BCUT2D eigenvalue weighted by atomic mass is 35.5. The average molecular weight is 381 g/mol. The number of rotatable bonds is 7. The molecular weight excluding hydrogens is 359 g/mol. The molecule has 0 unspecified atom stereocenters. The highest BCUT2D eigenvalue weighted by molar-refractivity contribution is 6.31. The number of nitrogens with zero attached hydrogens (tertiary/aromatic N) is 3. The number of aromatic nitrogens is 2. The van der Waals surface area contributed by atoms with E-state index in [1.54, 1.807) is 6.07 Å². The third-order valence-corrected chi connectivity index (χ3v) is 4.40. The standard InChI is InChI=1S/C17H22ClFN6O/c18-13-10-12(2-3-14(13)19)24-17-15(20)16(22-11-23-17)21-4-1-5-25-6-8-26-9-7-25/h2-3,10-11H,1,4-9,20H2,(H2,21,22,23,24). The molecule has 0 aliphatic carbocycles. The number of benzene rings is 1. The molecule has 0 radical (unpaired) electrons. The molecule has 0 amide bonds. The first-order valence-corrected chi connectivity index (χ1v) is 8.88. The Morgan fingerprint density at radius 2 is 2.00 bits per heavy atom. The Morgan fingerprint density at radius 3 is 2.77 bits per heavy atom. The second kappa shape index (κ2) is 8.98. The number of hydrogen-bond acceptors (Lipinski definition) is 7. The van der Waals surface area contributed by atoms with Crippen molar-refractivity contribution in [1.82, 2.24) is 14.9 Å². The Morgan fingerprint density at radius 1 is 1.23 bits per heavy atom. The molecule has 9 heteroatoms. The molecule has 3 rings (SSSR count). The summed E-state index contributed by atoms with van der Waals surface area (Å²) < 4.78 is 18.6. The van der Waals surface area contributed by atoms with Crippen molar-refractivity contribution in [3.05, 3.63) is 35.4 Å². The van der Waals surface area contributed by atoms with E-state index in [4.69, 9.17) is 22.1 Å². The van der Waals surface area contributed by atoms with E-state index >= 15 is 0 Å². The first kappa shape index (κ1) is 18.6. The van der Waals surface area contributed by atoms with Crippen molar-refractivity contribution in [1.29, 1.82) is 0 Å². The van der Waals surface area contributed by atoms with Crippen LogP contribution in [0.1, 0.15) is 6.42 Å². The number of nitrogens with two attached hydrogens (primary N) is 1. The van der Waals surface area contributed by atoms with E-state index in [-0.39, 0.29) is 5.02 Å². The molecule has 1 aliphatic heterocycles. The first-order valence-electron chi connectivity index (χ1n) is 8.50. The van der Waals surface area contributed by atoms with Crippen molar-refractivity contribution in [2.45, 2.75) is 6.42 Å². The summed E-state index contributed by atoms with van der Waals surface area (Å²) >= 11 is 5.80. The van der Waals surface area contributed by atoms with Crippen LogP contribution in [-0.2, 0) is 4.74 Å². The van der Waals surface area contributed by atoms with Crippen molar-refractivity contribution in [3.63, 3.8) is 0 Å². The minimum absolute atomic E-state index is 0.0316. The van der Waals surface area contributed by atoms with E-state index in [0.29, 0.717) is 23.0 Å². The van der Waals surface area contributed by atoms with Gasteiger partial charge in [0.2, 0.25) is 0 Å². The number of anilines is 4. The maximum absolute atomic E-state index is 13.3. The zero-order chi connectivity index (χ0) is 18.4. The third kappa shape index (κ3) is 4.94. The van der Waals surface area contributed by atoms with Crippen LogP contribution < -0.4 is 16.4 Å². The van der Waals surface area contributed by atoms with Gasteiger partial charge in [-0.25, -0.2) is 14.4 Å². The number of halogens is 2. The van der Waals surface area contributed by atoms with Crippen molar-refractivity contribution in [3.8, 4) is 0 Å². The summed E-state index contributed by atoms with van der Waals surface area (Å²) in [6, 6.07) is 4.33. The number of nitrogens with one attached hydrogen (secondary N) is 2. The van der Waals surface area contributed by atoms with Gasteiger partial charge in [0, 0.05) is 25.3 Å². The molecular formula is C17H22ClFN6O. The summed E-state index contributed by atoms with van der Waals surface area (Å²) in [5.41, 5.74) is 7.14. The molecule has 4 N–H and O–H groups in total. The second-order valence-electron chi connectivity index (χ2n) is 5.97. The first-order chi connectivity index (χ1) is 12.6. The average Bonchev–Trinajstić information content (AvgIpc) is 2.65. The lowest BCUT2D eigenvalue weighted by Gasteiger charge is -2.26. The van der Waals surface area contributed by atoms with E-state index in [2.05, 4.69) is 25.5 Å². The van der Waals surface area contributed by atoms with Gasteiger partial charge >= 0.3 is 0 Å². The normalized spacial score (nSPS) is 15.0. The second-order valence-corrected chi connectivity index (χ2v) is 6.38. The smallest absolute Gasteiger partial charge is 0.159 e. The minimum atomic E-state index is -0.476. The summed E-state index contributed by atoms with van der Waals surface area (Å²) in [7, 11) is 0. The number of ether oxygens (including phenoxy) is 1. The lowest BCUT2D eigenvalue weighted by molar-refractivity contribution is 0.0378. The van der Waals surface area contributed by atoms with Gasteiger partial charge in [-0.3, -0.25) is 4.90 Å². The summed E-state index contributed by atoms with van der Waals surface area (Å²) in [6.45, 7) is 5.30. The van der Waals surface area contributed by atoms with Gasteiger partial charge in [-0.05, 0) is 31.2 Å². The van der Waals surface area contributed by atoms with Crippen molar-refractivity contribution in [2.75, 3.05) is 55.8 Å². The van der Waals surface area contributed by atoms with Crippen LogP contribution in [0, 0.1) is 5.82 Å². The van der Waals surface area contributed by atoms with Gasteiger partial charge in [0.05, 0.1) is 18.2 Å². The predicted molar refractivity (Wildman–Crippen MR) is 102 cm³/mol. The highest BCUT2D eigenvalue weighted by Gasteiger charge is 2.11. The quantitative estimate of drug-likeness (QED) is 0.636.